The standard InChI is InChI=1S/C21H37NO/c1-3-5-7-9-11-16-22-19-20-14-13-15-21(18-20)23-17-12-10-8-6-4-2/h13-15,18,22H,3-12,16-17,19H2,1-2H3. The summed E-state index contributed by atoms with van der Waals surface area (Å²) in [6.07, 6.45) is 13.1. The molecule has 1 aromatic carbocycles. The molecule has 1 N–H and O–H groups in total. The van der Waals surface area contributed by atoms with Crippen molar-refractivity contribution in [1.29, 1.82) is 0 Å². The number of hydrogen-bond donors (Lipinski definition) is 1. The van der Waals surface area contributed by atoms with Crippen molar-refractivity contribution in [3.63, 3.8) is 0 Å². The van der Waals surface area contributed by atoms with Gasteiger partial charge in [-0.1, -0.05) is 77.3 Å². The van der Waals surface area contributed by atoms with E-state index in [4.69, 9.17) is 4.74 Å². The monoisotopic (exact) mass is 319 g/mol. The van der Waals surface area contributed by atoms with E-state index in [1.54, 1.807) is 0 Å². The Balaban J connectivity index is 2.10. The Hall–Kier alpha value is -1.02. The van der Waals surface area contributed by atoms with Crippen LogP contribution in [0.1, 0.15) is 83.6 Å². The zero-order valence-corrected chi connectivity index (χ0v) is 15.4. The molecular weight excluding hydrogens is 282 g/mol. The van der Waals surface area contributed by atoms with E-state index >= 15 is 0 Å². The van der Waals surface area contributed by atoms with Crippen LogP contribution in [0, 0.1) is 0 Å². The average molecular weight is 320 g/mol. The molecule has 0 atom stereocenters. The van der Waals surface area contributed by atoms with Crippen LogP contribution in [0.5, 0.6) is 5.75 Å². The summed E-state index contributed by atoms with van der Waals surface area (Å²) >= 11 is 0. The maximum absolute atomic E-state index is 5.87. The SMILES string of the molecule is CCCCCCCNCc1cccc(OCCCCCCC)c1. The number of rotatable bonds is 15. The summed E-state index contributed by atoms with van der Waals surface area (Å²) in [5.74, 6) is 1.02. The highest BCUT2D eigenvalue weighted by Gasteiger charge is 1.98. The largest absolute Gasteiger partial charge is 0.494 e. The van der Waals surface area contributed by atoms with Crippen LogP contribution in [-0.2, 0) is 6.54 Å². The number of ether oxygens (including phenoxy) is 1. The normalized spacial score (nSPS) is 10.9. The summed E-state index contributed by atoms with van der Waals surface area (Å²) in [4.78, 5) is 0. The fraction of sp³-hybridized carbons (Fsp3) is 0.714. The third kappa shape index (κ3) is 11.2. The van der Waals surface area contributed by atoms with E-state index in [-0.39, 0.29) is 0 Å². The van der Waals surface area contributed by atoms with E-state index in [0.717, 1.165) is 25.4 Å². The van der Waals surface area contributed by atoms with Crippen LogP contribution in [0.25, 0.3) is 0 Å². The maximum Gasteiger partial charge on any atom is 0.119 e. The first-order chi connectivity index (χ1) is 11.4. The lowest BCUT2D eigenvalue weighted by Crippen LogP contribution is -2.14. The molecule has 0 aliphatic rings. The molecule has 0 bridgehead atoms. The molecule has 0 amide bonds. The number of hydrogen-bond acceptors (Lipinski definition) is 2. The molecule has 0 saturated heterocycles. The second-order valence-electron chi connectivity index (χ2n) is 6.50. The molecule has 0 radical (unpaired) electrons. The molecule has 0 saturated carbocycles. The second kappa shape index (κ2) is 14.6. The van der Waals surface area contributed by atoms with E-state index < -0.39 is 0 Å². The van der Waals surface area contributed by atoms with Crippen molar-refractivity contribution in [3.05, 3.63) is 29.8 Å². The van der Waals surface area contributed by atoms with Gasteiger partial charge in [0, 0.05) is 6.54 Å². The molecule has 1 rings (SSSR count). The Labute approximate surface area is 144 Å². The highest BCUT2D eigenvalue weighted by atomic mass is 16.5. The van der Waals surface area contributed by atoms with Crippen molar-refractivity contribution in [2.24, 2.45) is 0 Å². The lowest BCUT2D eigenvalue weighted by Gasteiger charge is -2.09. The number of nitrogens with one attached hydrogen (secondary N) is 1. The molecule has 0 aliphatic carbocycles. The average Bonchev–Trinajstić information content (AvgIpc) is 2.57. The zero-order valence-electron chi connectivity index (χ0n) is 15.4. The van der Waals surface area contributed by atoms with Crippen LogP contribution < -0.4 is 10.1 Å². The Morgan fingerprint density at radius 1 is 0.826 bits per heavy atom. The quantitative estimate of drug-likeness (QED) is 0.395. The number of unbranched alkanes of at least 4 members (excludes halogenated alkanes) is 8. The highest BCUT2D eigenvalue weighted by molar-refractivity contribution is 5.28. The van der Waals surface area contributed by atoms with E-state index in [9.17, 15) is 0 Å². The van der Waals surface area contributed by atoms with Crippen LogP contribution in [-0.4, -0.2) is 13.2 Å². The molecular formula is C21H37NO. The zero-order chi connectivity index (χ0) is 16.6. The molecule has 2 nitrogen and oxygen atoms in total. The van der Waals surface area contributed by atoms with Gasteiger partial charge in [0.25, 0.3) is 0 Å². The first-order valence-corrected chi connectivity index (χ1v) is 9.79. The van der Waals surface area contributed by atoms with E-state index in [1.165, 1.54) is 69.8 Å². The summed E-state index contributed by atoms with van der Waals surface area (Å²) in [5, 5.41) is 3.54. The molecule has 23 heavy (non-hydrogen) atoms. The summed E-state index contributed by atoms with van der Waals surface area (Å²) in [6.45, 7) is 7.42. The van der Waals surface area contributed by atoms with Crippen LogP contribution in [0.15, 0.2) is 24.3 Å². The Bertz CT molecular complexity index is 378. The van der Waals surface area contributed by atoms with Gasteiger partial charge in [0.15, 0.2) is 0 Å². The van der Waals surface area contributed by atoms with Crippen molar-refractivity contribution in [2.45, 2.75) is 84.6 Å². The molecule has 0 spiro atoms. The second-order valence-corrected chi connectivity index (χ2v) is 6.50. The lowest BCUT2D eigenvalue weighted by atomic mass is 10.1. The Kier molecular flexibility index (Phi) is 12.7. The minimum atomic E-state index is 0.845. The smallest absolute Gasteiger partial charge is 0.119 e. The van der Waals surface area contributed by atoms with Gasteiger partial charge in [-0.3, -0.25) is 0 Å². The van der Waals surface area contributed by atoms with Gasteiger partial charge < -0.3 is 10.1 Å². The molecule has 0 unspecified atom stereocenters. The Morgan fingerprint density at radius 2 is 1.52 bits per heavy atom. The summed E-state index contributed by atoms with van der Waals surface area (Å²) in [6, 6.07) is 8.53. The van der Waals surface area contributed by atoms with Gasteiger partial charge in [0.05, 0.1) is 6.61 Å². The third-order valence-corrected chi connectivity index (χ3v) is 4.20. The predicted octanol–water partition coefficient (Wildman–Crippen LogP) is 6.10. The highest BCUT2D eigenvalue weighted by Crippen LogP contribution is 2.14. The van der Waals surface area contributed by atoms with Crippen LogP contribution in [0.2, 0.25) is 0 Å². The molecule has 0 aliphatic heterocycles. The topological polar surface area (TPSA) is 21.3 Å². The fourth-order valence-electron chi connectivity index (χ4n) is 2.73. The Morgan fingerprint density at radius 3 is 2.26 bits per heavy atom. The molecule has 1 aromatic rings. The maximum atomic E-state index is 5.87. The van der Waals surface area contributed by atoms with Crippen molar-refractivity contribution < 1.29 is 4.74 Å². The minimum Gasteiger partial charge on any atom is -0.494 e. The van der Waals surface area contributed by atoms with E-state index in [0.29, 0.717) is 0 Å². The van der Waals surface area contributed by atoms with E-state index in [1.807, 2.05) is 0 Å². The van der Waals surface area contributed by atoms with Gasteiger partial charge in [0.1, 0.15) is 5.75 Å². The first-order valence-electron chi connectivity index (χ1n) is 9.79. The first kappa shape index (κ1) is 20.0. The molecule has 2 heteroatoms. The van der Waals surface area contributed by atoms with Gasteiger partial charge in [-0.15, -0.1) is 0 Å². The van der Waals surface area contributed by atoms with Crippen molar-refractivity contribution in [2.75, 3.05) is 13.2 Å². The van der Waals surface area contributed by atoms with Gasteiger partial charge in [-0.25, -0.2) is 0 Å². The lowest BCUT2D eigenvalue weighted by molar-refractivity contribution is 0.304. The van der Waals surface area contributed by atoms with Crippen LogP contribution in [0.3, 0.4) is 0 Å². The summed E-state index contributed by atoms with van der Waals surface area (Å²) in [5.41, 5.74) is 1.32. The van der Waals surface area contributed by atoms with Crippen molar-refractivity contribution in [1.82, 2.24) is 5.32 Å². The van der Waals surface area contributed by atoms with Gasteiger partial charge in [-0.05, 0) is 37.1 Å². The van der Waals surface area contributed by atoms with Crippen molar-refractivity contribution in [3.8, 4) is 5.75 Å². The molecule has 0 fully saturated rings. The van der Waals surface area contributed by atoms with Gasteiger partial charge >= 0.3 is 0 Å². The number of benzene rings is 1. The minimum absolute atomic E-state index is 0.845. The molecule has 0 aromatic heterocycles. The van der Waals surface area contributed by atoms with Crippen LogP contribution >= 0.6 is 0 Å². The van der Waals surface area contributed by atoms with E-state index in [2.05, 4.69) is 43.4 Å². The molecule has 0 heterocycles. The van der Waals surface area contributed by atoms with Crippen LogP contribution in [0.4, 0.5) is 0 Å². The van der Waals surface area contributed by atoms with Crippen molar-refractivity contribution >= 4 is 0 Å². The third-order valence-electron chi connectivity index (χ3n) is 4.20. The van der Waals surface area contributed by atoms with Gasteiger partial charge in [0.2, 0.25) is 0 Å². The summed E-state index contributed by atoms with van der Waals surface area (Å²) < 4.78 is 5.87. The molecule has 132 valence electrons. The predicted molar refractivity (Wildman–Crippen MR) is 101 cm³/mol. The van der Waals surface area contributed by atoms with Gasteiger partial charge in [-0.2, -0.15) is 0 Å². The fourth-order valence-corrected chi connectivity index (χ4v) is 2.73. The summed E-state index contributed by atoms with van der Waals surface area (Å²) in [7, 11) is 0.